The minimum atomic E-state index is -2.97. The molecule has 1 aliphatic rings. The zero-order valence-corrected chi connectivity index (χ0v) is 10.2. The molecular formula is C10H15N3O2S. The minimum Gasteiger partial charge on any atom is -0.304 e. The molecule has 0 fully saturated rings. The van der Waals surface area contributed by atoms with Crippen molar-refractivity contribution in [2.45, 2.75) is 19.5 Å². The van der Waals surface area contributed by atoms with Gasteiger partial charge in [-0.15, -0.1) is 0 Å². The summed E-state index contributed by atoms with van der Waals surface area (Å²) in [5.74, 6) is 0.157. The molecule has 0 spiro atoms. The van der Waals surface area contributed by atoms with E-state index in [0.717, 1.165) is 11.4 Å². The molecule has 16 heavy (non-hydrogen) atoms. The summed E-state index contributed by atoms with van der Waals surface area (Å²) in [7, 11) is -1.09. The van der Waals surface area contributed by atoms with Crippen molar-refractivity contribution in [1.29, 1.82) is 0 Å². The van der Waals surface area contributed by atoms with E-state index in [1.165, 1.54) is 5.41 Å². The Balaban J connectivity index is 1.94. The number of rotatable bonds is 3. The highest BCUT2D eigenvalue weighted by molar-refractivity contribution is 7.94. The van der Waals surface area contributed by atoms with Crippen LogP contribution in [0.4, 0.5) is 0 Å². The number of nitrogens with one attached hydrogen (secondary N) is 1. The lowest BCUT2D eigenvalue weighted by Gasteiger charge is -2.09. The van der Waals surface area contributed by atoms with Crippen molar-refractivity contribution >= 4 is 9.84 Å². The Morgan fingerprint density at radius 1 is 1.62 bits per heavy atom. The molecule has 1 aromatic rings. The van der Waals surface area contributed by atoms with Crippen molar-refractivity contribution < 1.29 is 8.42 Å². The van der Waals surface area contributed by atoms with E-state index < -0.39 is 9.84 Å². The molecule has 0 aliphatic carbocycles. The number of nitrogens with zero attached hydrogens (tertiary/aromatic N) is 2. The molecule has 5 nitrogen and oxygen atoms in total. The molecule has 0 bridgehead atoms. The number of aryl methyl sites for hydroxylation is 2. The summed E-state index contributed by atoms with van der Waals surface area (Å²) >= 11 is 0. The Hall–Kier alpha value is -1.14. The van der Waals surface area contributed by atoms with Crippen LogP contribution in [-0.4, -0.2) is 30.0 Å². The van der Waals surface area contributed by atoms with E-state index in [4.69, 9.17) is 0 Å². The van der Waals surface area contributed by atoms with Crippen molar-refractivity contribution in [3.8, 4) is 0 Å². The molecule has 1 aromatic heterocycles. The van der Waals surface area contributed by atoms with Crippen molar-refractivity contribution in [2.24, 2.45) is 7.05 Å². The highest BCUT2D eigenvalue weighted by atomic mass is 32.2. The zero-order chi connectivity index (χ0) is 11.8. The average molecular weight is 241 g/mol. The van der Waals surface area contributed by atoms with Crippen LogP contribution in [0.2, 0.25) is 0 Å². The van der Waals surface area contributed by atoms with Crippen molar-refractivity contribution in [3.63, 3.8) is 0 Å². The van der Waals surface area contributed by atoms with E-state index in [1.54, 1.807) is 10.8 Å². The van der Waals surface area contributed by atoms with Crippen LogP contribution in [0.15, 0.2) is 17.6 Å². The van der Waals surface area contributed by atoms with E-state index in [2.05, 4.69) is 10.4 Å². The molecule has 1 atom stereocenters. The number of hydrogen-bond acceptors (Lipinski definition) is 4. The number of aromatic nitrogens is 2. The minimum absolute atomic E-state index is 0.0831. The van der Waals surface area contributed by atoms with E-state index in [9.17, 15) is 8.42 Å². The lowest BCUT2D eigenvalue weighted by Crippen LogP contribution is -2.30. The van der Waals surface area contributed by atoms with Crippen molar-refractivity contribution in [1.82, 2.24) is 15.1 Å². The molecule has 2 heterocycles. The van der Waals surface area contributed by atoms with Crippen LogP contribution >= 0.6 is 0 Å². The number of sulfone groups is 1. The Bertz CT molecular complexity index is 516. The Labute approximate surface area is 95.1 Å². The van der Waals surface area contributed by atoms with Gasteiger partial charge in [-0.1, -0.05) is 6.08 Å². The molecule has 1 unspecified atom stereocenters. The summed E-state index contributed by atoms with van der Waals surface area (Å²) in [5, 5.41) is 8.68. The van der Waals surface area contributed by atoms with Gasteiger partial charge in [-0.2, -0.15) is 5.10 Å². The quantitative estimate of drug-likeness (QED) is 0.817. The lowest BCUT2D eigenvalue weighted by molar-refractivity contribution is 0.577. The molecule has 88 valence electrons. The smallest absolute Gasteiger partial charge is 0.173 e. The summed E-state index contributed by atoms with van der Waals surface area (Å²) in [6, 6.07) is 1.90. The van der Waals surface area contributed by atoms with Gasteiger partial charge < -0.3 is 5.32 Å². The molecular weight excluding hydrogens is 226 g/mol. The fourth-order valence-corrected chi connectivity index (χ4v) is 3.04. The van der Waals surface area contributed by atoms with Gasteiger partial charge in [-0.3, -0.25) is 4.68 Å². The first-order chi connectivity index (χ1) is 7.46. The lowest BCUT2D eigenvalue weighted by atomic mass is 10.3. The summed E-state index contributed by atoms with van der Waals surface area (Å²) in [4.78, 5) is 0. The van der Waals surface area contributed by atoms with Gasteiger partial charge in [0.25, 0.3) is 0 Å². The highest BCUT2D eigenvalue weighted by Gasteiger charge is 2.21. The third kappa shape index (κ3) is 2.51. The van der Waals surface area contributed by atoms with Gasteiger partial charge in [0.05, 0.1) is 17.1 Å². The van der Waals surface area contributed by atoms with Gasteiger partial charge in [0.1, 0.15) is 0 Å². The van der Waals surface area contributed by atoms with E-state index in [0.29, 0.717) is 6.54 Å². The molecule has 0 saturated carbocycles. The van der Waals surface area contributed by atoms with Crippen LogP contribution in [0.25, 0.3) is 0 Å². The molecule has 0 aromatic carbocycles. The summed E-state index contributed by atoms with van der Waals surface area (Å²) in [6.45, 7) is 2.56. The van der Waals surface area contributed by atoms with Crippen LogP contribution in [0, 0.1) is 6.92 Å². The maximum absolute atomic E-state index is 11.2. The van der Waals surface area contributed by atoms with Crippen molar-refractivity contribution in [3.05, 3.63) is 28.9 Å². The Morgan fingerprint density at radius 2 is 2.38 bits per heavy atom. The second-order valence-electron chi connectivity index (χ2n) is 4.05. The van der Waals surface area contributed by atoms with Gasteiger partial charge >= 0.3 is 0 Å². The van der Waals surface area contributed by atoms with Crippen molar-refractivity contribution in [2.75, 3.05) is 5.75 Å². The Kier molecular flexibility index (Phi) is 2.86. The standard InChI is InChI=1S/C10H15N3O2S/c1-8-5-10(13(2)12-8)6-11-9-3-4-16(14,15)7-9/h3-5,9,11H,6-7H2,1-2H3. The molecule has 1 aliphatic heterocycles. The average Bonchev–Trinajstić information content (AvgIpc) is 2.66. The fourth-order valence-electron chi connectivity index (χ4n) is 1.77. The number of hydrogen-bond donors (Lipinski definition) is 1. The van der Waals surface area contributed by atoms with Crippen LogP contribution in [0.5, 0.6) is 0 Å². The van der Waals surface area contributed by atoms with Gasteiger partial charge in [0.15, 0.2) is 9.84 Å². The topological polar surface area (TPSA) is 64.0 Å². The first kappa shape index (κ1) is 11.3. The van der Waals surface area contributed by atoms with Crippen LogP contribution in [0.1, 0.15) is 11.4 Å². The van der Waals surface area contributed by atoms with Gasteiger partial charge in [-0.05, 0) is 13.0 Å². The first-order valence-corrected chi connectivity index (χ1v) is 6.82. The molecule has 2 rings (SSSR count). The zero-order valence-electron chi connectivity index (χ0n) is 9.34. The molecule has 0 amide bonds. The summed E-state index contributed by atoms with van der Waals surface area (Å²) < 4.78 is 24.2. The second-order valence-corrected chi connectivity index (χ2v) is 5.98. The van der Waals surface area contributed by atoms with E-state index in [1.807, 2.05) is 20.0 Å². The monoisotopic (exact) mass is 241 g/mol. The van der Waals surface area contributed by atoms with Crippen LogP contribution in [-0.2, 0) is 23.4 Å². The fraction of sp³-hybridized carbons (Fsp3) is 0.500. The predicted octanol–water partition coefficient (Wildman–Crippen LogP) is 0.129. The third-order valence-corrected chi connectivity index (χ3v) is 3.97. The molecule has 0 radical (unpaired) electrons. The van der Waals surface area contributed by atoms with E-state index >= 15 is 0 Å². The van der Waals surface area contributed by atoms with Crippen LogP contribution in [0.3, 0.4) is 0 Å². The largest absolute Gasteiger partial charge is 0.304 e. The highest BCUT2D eigenvalue weighted by Crippen LogP contribution is 2.09. The normalized spacial score (nSPS) is 22.8. The maximum Gasteiger partial charge on any atom is 0.173 e. The molecule has 6 heteroatoms. The van der Waals surface area contributed by atoms with Gasteiger partial charge in [0.2, 0.25) is 0 Å². The molecule has 1 N–H and O–H groups in total. The molecule has 0 saturated heterocycles. The third-order valence-electron chi connectivity index (χ3n) is 2.57. The summed E-state index contributed by atoms with van der Waals surface area (Å²) in [6.07, 6.45) is 1.69. The second kappa shape index (κ2) is 4.03. The SMILES string of the molecule is Cc1cc(CNC2C=CS(=O)(=O)C2)n(C)n1. The van der Waals surface area contributed by atoms with E-state index in [-0.39, 0.29) is 11.8 Å². The predicted molar refractivity (Wildman–Crippen MR) is 61.5 cm³/mol. The first-order valence-electron chi connectivity index (χ1n) is 5.10. The maximum atomic E-state index is 11.2. The summed E-state index contributed by atoms with van der Waals surface area (Å²) in [5.41, 5.74) is 2.02. The van der Waals surface area contributed by atoms with Gasteiger partial charge in [0, 0.05) is 25.0 Å². The van der Waals surface area contributed by atoms with Gasteiger partial charge in [-0.25, -0.2) is 8.42 Å². The Morgan fingerprint density at radius 3 is 2.88 bits per heavy atom. The van der Waals surface area contributed by atoms with Crippen LogP contribution < -0.4 is 5.32 Å².